The van der Waals surface area contributed by atoms with E-state index in [1.807, 2.05) is 24.5 Å². The zero-order valence-electron chi connectivity index (χ0n) is 10.4. The van der Waals surface area contributed by atoms with E-state index in [9.17, 15) is 0 Å². The molecular formula is C13H17N3O. The van der Waals surface area contributed by atoms with E-state index in [-0.39, 0.29) is 0 Å². The number of pyridine rings is 1. The second-order valence-electron chi connectivity index (χ2n) is 4.24. The van der Waals surface area contributed by atoms with Crippen LogP contribution in [0.3, 0.4) is 0 Å². The Morgan fingerprint density at radius 2 is 2.12 bits per heavy atom. The van der Waals surface area contributed by atoms with Gasteiger partial charge in [-0.2, -0.15) is 0 Å². The van der Waals surface area contributed by atoms with Crippen LogP contribution in [0.25, 0.3) is 0 Å². The first kappa shape index (κ1) is 11.6. The number of aromatic nitrogens is 3. The van der Waals surface area contributed by atoms with E-state index in [0.29, 0.717) is 11.8 Å². The van der Waals surface area contributed by atoms with Gasteiger partial charge in [0.25, 0.3) is 0 Å². The van der Waals surface area contributed by atoms with Crippen LogP contribution in [-0.4, -0.2) is 21.6 Å². The van der Waals surface area contributed by atoms with Crippen molar-refractivity contribution in [2.75, 3.05) is 7.11 Å². The average molecular weight is 231 g/mol. The fraction of sp³-hybridized carbons (Fsp3) is 0.385. The molecule has 0 aliphatic heterocycles. The Kier molecular flexibility index (Phi) is 3.42. The summed E-state index contributed by atoms with van der Waals surface area (Å²) in [5, 5.41) is 0. The third-order valence-corrected chi connectivity index (χ3v) is 2.65. The summed E-state index contributed by atoms with van der Waals surface area (Å²) in [6.45, 7) is 5.02. The SMILES string of the molecule is COc1ncccc1Cn1ccnc1C(C)C. The van der Waals surface area contributed by atoms with Gasteiger partial charge < -0.3 is 9.30 Å². The van der Waals surface area contributed by atoms with Gasteiger partial charge in [-0.05, 0) is 6.07 Å². The van der Waals surface area contributed by atoms with E-state index >= 15 is 0 Å². The second kappa shape index (κ2) is 4.99. The lowest BCUT2D eigenvalue weighted by Crippen LogP contribution is -2.07. The molecule has 0 aromatic carbocycles. The van der Waals surface area contributed by atoms with Crippen molar-refractivity contribution in [1.82, 2.24) is 14.5 Å². The minimum atomic E-state index is 0.410. The monoisotopic (exact) mass is 231 g/mol. The topological polar surface area (TPSA) is 39.9 Å². The van der Waals surface area contributed by atoms with Gasteiger partial charge >= 0.3 is 0 Å². The van der Waals surface area contributed by atoms with Gasteiger partial charge in [0.1, 0.15) is 5.82 Å². The van der Waals surface area contributed by atoms with Crippen LogP contribution in [0, 0.1) is 0 Å². The maximum Gasteiger partial charge on any atom is 0.218 e. The van der Waals surface area contributed by atoms with Crippen LogP contribution in [0.1, 0.15) is 31.2 Å². The Balaban J connectivity index is 2.28. The fourth-order valence-corrected chi connectivity index (χ4v) is 1.87. The van der Waals surface area contributed by atoms with Crippen LogP contribution in [0.2, 0.25) is 0 Å². The van der Waals surface area contributed by atoms with Crippen LogP contribution < -0.4 is 4.74 Å². The molecule has 17 heavy (non-hydrogen) atoms. The van der Waals surface area contributed by atoms with Crippen molar-refractivity contribution in [2.24, 2.45) is 0 Å². The molecule has 2 rings (SSSR count). The first-order valence-corrected chi connectivity index (χ1v) is 5.71. The summed E-state index contributed by atoms with van der Waals surface area (Å²) in [4.78, 5) is 8.57. The van der Waals surface area contributed by atoms with Crippen molar-refractivity contribution >= 4 is 0 Å². The molecule has 0 saturated heterocycles. The summed E-state index contributed by atoms with van der Waals surface area (Å²) in [7, 11) is 1.64. The van der Waals surface area contributed by atoms with Gasteiger partial charge in [0, 0.05) is 30.1 Å². The smallest absolute Gasteiger partial charge is 0.218 e. The van der Waals surface area contributed by atoms with Crippen molar-refractivity contribution in [3.8, 4) is 5.88 Å². The van der Waals surface area contributed by atoms with Crippen molar-refractivity contribution in [2.45, 2.75) is 26.3 Å². The number of hydrogen-bond donors (Lipinski definition) is 0. The average Bonchev–Trinajstić information content (AvgIpc) is 2.78. The molecule has 0 atom stereocenters. The largest absolute Gasteiger partial charge is 0.481 e. The summed E-state index contributed by atoms with van der Waals surface area (Å²) in [6, 6.07) is 3.94. The van der Waals surface area contributed by atoms with Crippen molar-refractivity contribution in [3.63, 3.8) is 0 Å². The molecule has 0 fully saturated rings. The number of hydrogen-bond acceptors (Lipinski definition) is 3. The normalized spacial score (nSPS) is 10.8. The van der Waals surface area contributed by atoms with Crippen molar-refractivity contribution in [1.29, 1.82) is 0 Å². The Morgan fingerprint density at radius 1 is 1.29 bits per heavy atom. The fourth-order valence-electron chi connectivity index (χ4n) is 1.87. The third kappa shape index (κ3) is 2.46. The van der Waals surface area contributed by atoms with E-state index in [2.05, 4.69) is 28.4 Å². The van der Waals surface area contributed by atoms with E-state index in [0.717, 1.165) is 17.9 Å². The molecule has 0 unspecified atom stereocenters. The molecular weight excluding hydrogens is 214 g/mol. The Bertz CT molecular complexity index is 491. The second-order valence-corrected chi connectivity index (χ2v) is 4.24. The summed E-state index contributed by atoms with van der Waals surface area (Å²) in [5.41, 5.74) is 1.06. The quantitative estimate of drug-likeness (QED) is 0.811. The first-order chi connectivity index (χ1) is 8.22. The zero-order valence-corrected chi connectivity index (χ0v) is 10.4. The van der Waals surface area contributed by atoms with Crippen LogP contribution in [-0.2, 0) is 6.54 Å². The van der Waals surface area contributed by atoms with Gasteiger partial charge in [0.15, 0.2) is 0 Å². The molecule has 4 nitrogen and oxygen atoms in total. The molecule has 0 amide bonds. The lowest BCUT2D eigenvalue weighted by molar-refractivity contribution is 0.391. The Labute approximate surface area is 101 Å². The first-order valence-electron chi connectivity index (χ1n) is 5.71. The number of methoxy groups -OCH3 is 1. The van der Waals surface area contributed by atoms with Crippen LogP contribution in [0.15, 0.2) is 30.7 Å². The molecule has 0 radical (unpaired) electrons. The highest BCUT2D eigenvalue weighted by Crippen LogP contribution is 2.18. The Morgan fingerprint density at radius 3 is 2.82 bits per heavy atom. The molecule has 0 spiro atoms. The molecule has 0 saturated carbocycles. The van der Waals surface area contributed by atoms with Gasteiger partial charge in [0.05, 0.1) is 13.7 Å². The minimum absolute atomic E-state index is 0.410. The predicted octanol–water partition coefficient (Wildman–Crippen LogP) is 2.46. The number of ether oxygens (including phenoxy) is 1. The maximum absolute atomic E-state index is 5.25. The summed E-state index contributed by atoms with van der Waals surface area (Å²) < 4.78 is 7.38. The van der Waals surface area contributed by atoms with E-state index in [1.165, 1.54) is 0 Å². The van der Waals surface area contributed by atoms with Crippen LogP contribution in [0.5, 0.6) is 5.88 Å². The highest BCUT2D eigenvalue weighted by atomic mass is 16.5. The third-order valence-electron chi connectivity index (χ3n) is 2.65. The van der Waals surface area contributed by atoms with Gasteiger partial charge in [-0.3, -0.25) is 0 Å². The van der Waals surface area contributed by atoms with Crippen molar-refractivity contribution < 1.29 is 4.74 Å². The predicted molar refractivity (Wildman–Crippen MR) is 66.2 cm³/mol. The van der Waals surface area contributed by atoms with Gasteiger partial charge in [-0.15, -0.1) is 0 Å². The zero-order chi connectivity index (χ0) is 12.3. The lowest BCUT2D eigenvalue weighted by atomic mass is 10.2. The maximum atomic E-state index is 5.25. The molecule has 4 heteroatoms. The molecule has 2 aromatic rings. The van der Waals surface area contributed by atoms with Crippen molar-refractivity contribution in [3.05, 3.63) is 42.1 Å². The highest BCUT2D eigenvalue weighted by Gasteiger charge is 2.10. The Hall–Kier alpha value is -1.84. The summed E-state index contributed by atoms with van der Waals surface area (Å²) >= 11 is 0. The van der Waals surface area contributed by atoms with Gasteiger partial charge in [-0.25, -0.2) is 9.97 Å². The van der Waals surface area contributed by atoms with Crippen LogP contribution >= 0.6 is 0 Å². The van der Waals surface area contributed by atoms with E-state index in [4.69, 9.17) is 4.74 Å². The molecule has 0 aliphatic rings. The van der Waals surface area contributed by atoms with Gasteiger partial charge in [0.2, 0.25) is 5.88 Å². The number of imidazole rings is 1. The summed E-state index contributed by atoms with van der Waals surface area (Å²) in [5.74, 6) is 2.17. The molecule has 0 aliphatic carbocycles. The highest BCUT2D eigenvalue weighted by molar-refractivity contribution is 5.26. The van der Waals surface area contributed by atoms with E-state index in [1.54, 1.807) is 13.3 Å². The molecule has 0 bridgehead atoms. The van der Waals surface area contributed by atoms with Gasteiger partial charge in [-0.1, -0.05) is 19.9 Å². The van der Waals surface area contributed by atoms with Crippen LogP contribution in [0.4, 0.5) is 0 Å². The molecule has 90 valence electrons. The molecule has 0 N–H and O–H groups in total. The standard InChI is InChI=1S/C13H17N3O/c1-10(2)12-14-7-8-16(12)9-11-5-4-6-15-13(11)17-3/h4-8,10H,9H2,1-3H3. The lowest BCUT2D eigenvalue weighted by Gasteiger charge is -2.12. The number of rotatable bonds is 4. The van der Waals surface area contributed by atoms with E-state index < -0.39 is 0 Å². The molecule has 2 heterocycles. The minimum Gasteiger partial charge on any atom is -0.481 e. The summed E-state index contributed by atoms with van der Waals surface area (Å²) in [6.07, 6.45) is 5.56. The molecule has 2 aromatic heterocycles. The number of nitrogens with zero attached hydrogens (tertiary/aromatic N) is 3.